The lowest BCUT2D eigenvalue weighted by atomic mass is 9.89. The number of carbonyl (C=O) groups excluding carboxylic acids is 1. The number of nitrogens with one attached hydrogen (secondary N) is 1. The lowest BCUT2D eigenvalue weighted by molar-refractivity contribution is 0.0790. The molecule has 1 aliphatic carbocycles. The Kier molecular flexibility index (Phi) is 7.40. The Morgan fingerprint density at radius 1 is 1.05 bits per heavy atom. The highest BCUT2D eigenvalue weighted by atomic mass is 32.1. The predicted octanol–water partition coefficient (Wildman–Crippen LogP) is 3.89. The van der Waals surface area contributed by atoms with Crippen LogP contribution in [0.3, 0.4) is 0 Å². The van der Waals surface area contributed by atoms with Crippen molar-refractivity contribution in [3.8, 4) is 11.3 Å². The van der Waals surface area contributed by atoms with E-state index in [1.807, 2.05) is 58.5 Å². The number of hydrogen-bond donors (Lipinski definition) is 2. The molecule has 4 heterocycles. The molecule has 0 radical (unpaired) electrons. The molecule has 0 bridgehead atoms. The Bertz CT molecular complexity index is 1460. The molecule has 3 aromatic heterocycles. The molecule has 1 amide bonds. The maximum atomic E-state index is 13.4. The summed E-state index contributed by atoms with van der Waals surface area (Å²) in [6.07, 6.45) is 11.5. The largest absolute Gasteiger partial charge is 0.368 e. The quantitative estimate of drug-likeness (QED) is 0.381. The summed E-state index contributed by atoms with van der Waals surface area (Å²) in [5.41, 5.74) is 9.69. The number of carbonyl (C=O) groups is 1. The molecular weight excluding hydrogens is 508 g/mol. The molecule has 1 aromatic carbocycles. The number of benzene rings is 1. The molecule has 2 aliphatic rings. The van der Waals surface area contributed by atoms with Gasteiger partial charge in [-0.25, -0.2) is 15.0 Å². The van der Waals surface area contributed by atoms with Gasteiger partial charge in [0.1, 0.15) is 0 Å². The second-order valence-electron chi connectivity index (χ2n) is 10.4. The van der Waals surface area contributed by atoms with Gasteiger partial charge in [0.05, 0.1) is 22.6 Å². The van der Waals surface area contributed by atoms with Crippen molar-refractivity contribution in [2.45, 2.75) is 37.8 Å². The summed E-state index contributed by atoms with van der Waals surface area (Å²) in [4.78, 5) is 32.7. The number of anilines is 1. The van der Waals surface area contributed by atoms with Gasteiger partial charge in [0.2, 0.25) is 5.95 Å². The number of imidazole rings is 1. The Balaban J connectivity index is 1.18. The zero-order valence-electron chi connectivity index (χ0n) is 22.2. The van der Waals surface area contributed by atoms with E-state index >= 15 is 0 Å². The van der Waals surface area contributed by atoms with Crippen molar-refractivity contribution in [1.82, 2.24) is 34.5 Å². The summed E-state index contributed by atoms with van der Waals surface area (Å²) in [6, 6.07) is 10.9. The predicted molar refractivity (Wildman–Crippen MR) is 156 cm³/mol. The standard InChI is InChI=1S/C29H34N8OS/c1-35-13-15-36(16-14-35)22-9-7-21(8-10-22)32-27(38)23-19-31-28(30)33-24(23)11-12-25-26(20-5-3-2-4-6-20)34-29-37(25)17-18-39-29/h2-6,11-12,17-19,21-22H,7-10,13-16H2,1H3,(H,32,38)(H2,30,31,33). The van der Waals surface area contributed by atoms with E-state index in [0.29, 0.717) is 17.3 Å². The molecule has 0 atom stereocenters. The van der Waals surface area contributed by atoms with Crippen LogP contribution in [0.25, 0.3) is 28.4 Å². The molecule has 9 nitrogen and oxygen atoms in total. The van der Waals surface area contributed by atoms with Gasteiger partial charge in [-0.3, -0.25) is 14.1 Å². The van der Waals surface area contributed by atoms with Crippen LogP contribution >= 0.6 is 11.3 Å². The highest BCUT2D eigenvalue weighted by molar-refractivity contribution is 7.15. The van der Waals surface area contributed by atoms with Crippen molar-refractivity contribution in [2.75, 3.05) is 39.0 Å². The average Bonchev–Trinajstić information content (AvgIpc) is 3.55. The monoisotopic (exact) mass is 542 g/mol. The average molecular weight is 543 g/mol. The van der Waals surface area contributed by atoms with Crippen LogP contribution in [0.2, 0.25) is 0 Å². The van der Waals surface area contributed by atoms with Gasteiger partial charge in [-0.2, -0.15) is 0 Å². The number of piperazine rings is 1. The second-order valence-corrected chi connectivity index (χ2v) is 11.3. The van der Waals surface area contributed by atoms with Crippen molar-refractivity contribution in [2.24, 2.45) is 0 Å². The van der Waals surface area contributed by atoms with Crippen molar-refractivity contribution in [3.63, 3.8) is 0 Å². The summed E-state index contributed by atoms with van der Waals surface area (Å²) >= 11 is 1.58. The first-order valence-corrected chi connectivity index (χ1v) is 14.5. The molecule has 0 unspecified atom stereocenters. The van der Waals surface area contributed by atoms with Crippen LogP contribution in [-0.4, -0.2) is 80.4 Å². The van der Waals surface area contributed by atoms with E-state index in [1.165, 1.54) is 6.20 Å². The van der Waals surface area contributed by atoms with Crippen LogP contribution in [0.15, 0.2) is 48.1 Å². The Hall–Kier alpha value is -3.60. The second kappa shape index (κ2) is 11.3. The summed E-state index contributed by atoms with van der Waals surface area (Å²) in [5.74, 6) is -0.0222. The number of fused-ring (bicyclic) bond motifs is 1. The first kappa shape index (κ1) is 25.7. The minimum absolute atomic E-state index is 0.135. The number of likely N-dealkylation sites (N-methyl/N-ethyl adjacent to an activating group) is 1. The molecule has 1 aliphatic heterocycles. The van der Waals surface area contributed by atoms with E-state index in [4.69, 9.17) is 10.7 Å². The Labute approximate surface area is 232 Å². The third kappa shape index (κ3) is 5.59. The topological polar surface area (TPSA) is 105 Å². The number of thiazole rings is 1. The van der Waals surface area contributed by atoms with E-state index in [2.05, 4.69) is 32.1 Å². The van der Waals surface area contributed by atoms with E-state index in [0.717, 1.165) is 73.8 Å². The molecule has 202 valence electrons. The maximum absolute atomic E-state index is 13.4. The molecule has 1 saturated carbocycles. The molecule has 4 aromatic rings. The molecule has 2 fully saturated rings. The molecule has 39 heavy (non-hydrogen) atoms. The Morgan fingerprint density at radius 3 is 2.59 bits per heavy atom. The zero-order chi connectivity index (χ0) is 26.8. The van der Waals surface area contributed by atoms with Gasteiger partial charge in [-0.1, -0.05) is 30.3 Å². The smallest absolute Gasteiger partial charge is 0.255 e. The first-order chi connectivity index (χ1) is 19.0. The number of amides is 1. The summed E-state index contributed by atoms with van der Waals surface area (Å²) < 4.78 is 2.05. The zero-order valence-corrected chi connectivity index (χ0v) is 23.0. The minimum Gasteiger partial charge on any atom is -0.368 e. The highest BCUT2D eigenvalue weighted by Gasteiger charge is 2.29. The molecular formula is C29H34N8OS. The van der Waals surface area contributed by atoms with Gasteiger partial charge >= 0.3 is 0 Å². The molecule has 3 N–H and O–H groups in total. The summed E-state index contributed by atoms with van der Waals surface area (Å²) in [5, 5.41) is 5.25. The number of aromatic nitrogens is 4. The van der Waals surface area contributed by atoms with Crippen molar-refractivity contribution >= 4 is 40.3 Å². The van der Waals surface area contributed by atoms with Crippen LogP contribution in [0.1, 0.15) is 47.4 Å². The summed E-state index contributed by atoms with van der Waals surface area (Å²) in [6.45, 7) is 4.54. The van der Waals surface area contributed by atoms with Gasteiger partial charge in [-0.05, 0) is 44.9 Å². The van der Waals surface area contributed by atoms with Gasteiger partial charge < -0.3 is 16.0 Å². The van der Waals surface area contributed by atoms with E-state index < -0.39 is 0 Å². The van der Waals surface area contributed by atoms with Crippen molar-refractivity contribution in [3.05, 3.63) is 65.1 Å². The van der Waals surface area contributed by atoms with E-state index in [-0.39, 0.29) is 17.9 Å². The Morgan fingerprint density at radius 2 is 1.82 bits per heavy atom. The van der Waals surface area contributed by atoms with Crippen LogP contribution < -0.4 is 11.1 Å². The molecule has 10 heteroatoms. The van der Waals surface area contributed by atoms with Crippen LogP contribution in [0.5, 0.6) is 0 Å². The maximum Gasteiger partial charge on any atom is 0.255 e. The highest BCUT2D eigenvalue weighted by Crippen LogP contribution is 2.29. The molecule has 0 spiro atoms. The van der Waals surface area contributed by atoms with E-state index in [1.54, 1.807) is 11.3 Å². The molecule has 1 saturated heterocycles. The van der Waals surface area contributed by atoms with Crippen molar-refractivity contribution in [1.29, 1.82) is 0 Å². The van der Waals surface area contributed by atoms with Gasteiger partial charge in [0, 0.05) is 61.6 Å². The minimum atomic E-state index is -0.157. The lowest BCUT2D eigenvalue weighted by Crippen LogP contribution is -2.51. The van der Waals surface area contributed by atoms with Crippen LogP contribution in [0.4, 0.5) is 5.95 Å². The fourth-order valence-electron chi connectivity index (χ4n) is 5.68. The number of hydrogen-bond acceptors (Lipinski definition) is 8. The number of nitrogens with zero attached hydrogens (tertiary/aromatic N) is 6. The fraction of sp³-hybridized carbons (Fsp3) is 0.379. The lowest BCUT2D eigenvalue weighted by Gasteiger charge is -2.41. The molecule has 6 rings (SSSR count). The van der Waals surface area contributed by atoms with Gasteiger partial charge in [-0.15, -0.1) is 11.3 Å². The number of rotatable bonds is 6. The van der Waals surface area contributed by atoms with Crippen LogP contribution in [0, 0.1) is 0 Å². The van der Waals surface area contributed by atoms with Crippen molar-refractivity contribution < 1.29 is 4.79 Å². The van der Waals surface area contributed by atoms with Gasteiger partial charge in [0.25, 0.3) is 5.91 Å². The first-order valence-electron chi connectivity index (χ1n) is 13.6. The summed E-state index contributed by atoms with van der Waals surface area (Å²) in [7, 11) is 2.19. The normalized spacial score (nSPS) is 21.1. The van der Waals surface area contributed by atoms with Gasteiger partial charge in [0.15, 0.2) is 4.96 Å². The van der Waals surface area contributed by atoms with Crippen LogP contribution in [-0.2, 0) is 0 Å². The third-order valence-electron chi connectivity index (χ3n) is 7.91. The number of nitrogens with two attached hydrogens (primary N) is 1. The van der Waals surface area contributed by atoms with E-state index in [9.17, 15) is 4.79 Å². The third-order valence-corrected chi connectivity index (χ3v) is 8.67. The fourth-order valence-corrected chi connectivity index (χ4v) is 6.40. The SMILES string of the molecule is CN1CCN(C2CCC(NC(=O)c3cnc(N)nc3C=Cc3c(-c4ccccc4)nc4sccn34)CC2)CC1. The number of nitrogen functional groups attached to an aromatic ring is 1.